The molecule has 27 heavy (non-hydrogen) atoms. The quantitative estimate of drug-likeness (QED) is 0.317. The summed E-state index contributed by atoms with van der Waals surface area (Å²) in [6.07, 6.45) is 3.06. The third-order valence-corrected chi connectivity index (χ3v) is 6.40. The molecule has 0 bridgehead atoms. The Kier molecular flexibility index (Phi) is 8.65. The number of rotatable bonds is 9. The molecule has 1 rings (SSSR count). The minimum atomic E-state index is -1.98. The van der Waals surface area contributed by atoms with Gasteiger partial charge in [0.25, 0.3) is 0 Å². The van der Waals surface area contributed by atoms with E-state index in [0.29, 0.717) is 0 Å². The van der Waals surface area contributed by atoms with E-state index in [2.05, 4.69) is 64.8 Å². The molecule has 0 aromatic rings. The second kappa shape index (κ2) is 9.45. The number of carbonyl (C=O) groups excluding carboxylic acids is 1. The summed E-state index contributed by atoms with van der Waals surface area (Å²) in [5.41, 5.74) is 0. The maximum atomic E-state index is 11.8. The van der Waals surface area contributed by atoms with Crippen LogP contribution in [0, 0.1) is 12.3 Å². The maximum absolute atomic E-state index is 11.8. The Morgan fingerprint density at radius 2 is 1.30 bits per heavy atom. The maximum Gasteiger partial charge on any atom is 0.187 e. The van der Waals surface area contributed by atoms with Crippen molar-refractivity contribution < 1.29 is 27.5 Å². The summed E-state index contributed by atoms with van der Waals surface area (Å²) < 4.78 is 30.9. The molecule has 1 aliphatic rings. The molecule has 0 N–H and O–H groups in total. The Morgan fingerprint density at radius 1 is 0.852 bits per heavy atom. The van der Waals surface area contributed by atoms with Crippen molar-refractivity contribution >= 4 is 31.2 Å². The smallest absolute Gasteiger partial charge is 0.187 e. The largest absolute Gasteiger partial charge is 0.409 e. The molecule has 0 aromatic heterocycles. The number of terminal acetylenes is 1. The summed E-state index contributed by atoms with van der Waals surface area (Å²) >= 11 is 0. The van der Waals surface area contributed by atoms with E-state index in [0.717, 1.165) is 6.29 Å². The summed E-state index contributed by atoms with van der Waals surface area (Å²) in [4.78, 5) is 11.8. The second-order valence-electron chi connectivity index (χ2n) is 9.70. The van der Waals surface area contributed by atoms with E-state index < -0.39 is 55.7 Å². The molecule has 156 valence electrons. The van der Waals surface area contributed by atoms with Crippen LogP contribution in [0.4, 0.5) is 0 Å². The Balaban J connectivity index is 3.34. The first-order valence-electron chi connectivity index (χ1n) is 9.36. The summed E-state index contributed by atoms with van der Waals surface area (Å²) in [7, 11) is -5.93. The van der Waals surface area contributed by atoms with Gasteiger partial charge in [-0.1, -0.05) is 5.92 Å². The van der Waals surface area contributed by atoms with Crippen LogP contribution in [0.3, 0.4) is 0 Å². The molecule has 5 atom stereocenters. The van der Waals surface area contributed by atoms with Crippen molar-refractivity contribution in [2.45, 2.75) is 89.6 Å². The monoisotopic (exact) mass is 432 g/mol. The normalized spacial score (nSPS) is 30.0. The number of aldehydes is 1. The lowest BCUT2D eigenvalue weighted by Crippen LogP contribution is -2.65. The Morgan fingerprint density at radius 3 is 1.70 bits per heavy atom. The Bertz CT molecular complexity index is 529. The van der Waals surface area contributed by atoms with E-state index in [1.54, 1.807) is 0 Å². The molecule has 0 radical (unpaired) electrons. The summed E-state index contributed by atoms with van der Waals surface area (Å²) in [6.45, 7) is 18.9. The van der Waals surface area contributed by atoms with Gasteiger partial charge in [-0.3, -0.25) is 0 Å². The van der Waals surface area contributed by atoms with Crippen LogP contribution in [0.2, 0.25) is 58.9 Å². The molecule has 0 spiro atoms. The van der Waals surface area contributed by atoms with Crippen LogP contribution in [0.25, 0.3) is 0 Å². The molecule has 1 saturated heterocycles. The van der Waals surface area contributed by atoms with E-state index in [4.69, 9.17) is 29.2 Å². The fourth-order valence-corrected chi connectivity index (χ4v) is 6.06. The van der Waals surface area contributed by atoms with Crippen LogP contribution in [-0.2, 0) is 27.5 Å². The molecule has 1 fully saturated rings. The van der Waals surface area contributed by atoms with Crippen LogP contribution >= 0.6 is 0 Å². The van der Waals surface area contributed by atoms with Crippen LogP contribution in [0.1, 0.15) is 0 Å². The van der Waals surface area contributed by atoms with Crippen LogP contribution in [-0.4, -0.2) is 68.6 Å². The first kappa shape index (κ1) is 24.7. The molecule has 1 heterocycles. The summed E-state index contributed by atoms with van der Waals surface area (Å²) in [5, 5.41) is 0. The van der Waals surface area contributed by atoms with Gasteiger partial charge < -0.3 is 27.5 Å². The number of hydrogen-bond acceptors (Lipinski definition) is 6. The topological polar surface area (TPSA) is 63.2 Å². The molecule has 0 saturated carbocycles. The van der Waals surface area contributed by atoms with E-state index in [1.165, 1.54) is 0 Å². The lowest BCUT2D eigenvalue weighted by atomic mass is 10.00. The fraction of sp³-hybridized carbons (Fsp3) is 0.833. The molecular formula is C18H36O6Si3. The van der Waals surface area contributed by atoms with Crippen molar-refractivity contribution in [3.05, 3.63) is 0 Å². The fourth-order valence-electron chi connectivity index (χ4n) is 2.83. The van der Waals surface area contributed by atoms with Crippen molar-refractivity contribution in [1.82, 2.24) is 0 Å². The highest BCUT2D eigenvalue weighted by atomic mass is 28.4. The third-order valence-electron chi connectivity index (χ3n) is 3.46. The molecular weight excluding hydrogens is 396 g/mol. The number of carbonyl (C=O) groups is 1. The van der Waals surface area contributed by atoms with E-state index in [1.807, 2.05) is 0 Å². The highest BCUT2D eigenvalue weighted by Crippen LogP contribution is 2.33. The average molecular weight is 433 g/mol. The van der Waals surface area contributed by atoms with Crippen molar-refractivity contribution in [3.63, 3.8) is 0 Å². The summed E-state index contributed by atoms with van der Waals surface area (Å²) in [6, 6.07) is 0. The first-order chi connectivity index (χ1) is 12.2. The molecule has 2 unspecified atom stereocenters. The lowest BCUT2D eigenvalue weighted by molar-refractivity contribution is -0.274. The van der Waals surface area contributed by atoms with Crippen molar-refractivity contribution in [2.24, 2.45) is 0 Å². The van der Waals surface area contributed by atoms with Gasteiger partial charge in [0.05, 0.1) is 0 Å². The minimum absolute atomic E-state index is 0.0704. The molecule has 1 aliphatic heterocycles. The third kappa shape index (κ3) is 8.70. The van der Waals surface area contributed by atoms with Gasteiger partial charge in [-0.2, -0.15) is 0 Å². The number of hydrogen-bond donors (Lipinski definition) is 0. The highest BCUT2D eigenvalue weighted by molar-refractivity contribution is 6.70. The predicted molar refractivity (Wildman–Crippen MR) is 114 cm³/mol. The van der Waals surface area contributed by atoms with Crippen molar-refractivity contribution in [1.29, 1.82) is 0 Å². The molecule has 6 nitrogen and oxygen atoms in total. The molecule has 9 heteroatoms. The molecule has 0 amide bonds. The van der Waals surface area contributed by atoms with Gasteiger partial charge in [0.2, 0.25) is 0 Å². The molecule has 0 aromatic carbocycles. The Labute approximate surface area is 167 Å². The van der Waals surface area contributed by atoms with Crippen LogP contribution < -0.4 is 0 Å². The van der Waals surface area contributed by atoms with E-state index >= 15 is 0 Å². The van der Waals surface area contributed by atoms with Gasteiger partial charge in [0.15, 0.2) is 37.5 Å². The zero-order chi connectivity index (χ0) is 21.0. The average Bonchev–Trinajstić information content (AvgIpc) is 2.45. The van der Waals surface area contributed by atoms with Gasteiger partial charge in [-0.15, -0.1) is 6.42 Å². The lowest BCUT2D eigenvalue weighted by Gasteiger charge is -2.49. The van der Waals surface area contributed by atoms with Crippen LogP contribution in [0.15, 0.2) is 0 Å². The van der Waals surface area contributed by atoms with Crippen molar-refractivity contribution in [2.75, 3.05) is 6.61 Å². The SMILES string of the molecule is C#CCO[C@H]1OC(C=O)[C@@H](O[Si](C)(C)C)[C@H](O[Si](C)(C)C)C1O[Si](C)(C)C. The minimum Gasteiger partial charge on any atom is -0.409 e. The number of ether oxygens (including phenoxy) is 2. The van der Waals surface area contributed by atoms with Crippen LogP contribution in [0.5, 0.6) is 0 Å². The second-order valence-corrected chi connectivity index (χ2v) is 23.1. The van der Waals surface area contributed by atoms with E-state index in [9.17, 15) is 4.79 Å². The van der Waals surface area contributed by atoms with Gasteiger partial charge in [0.1, 0.15) is 31.0 Å². The van der Waals surface area contributed by atoms with Gasteiger partial charge in [0, 0.05) is 0 Å². The van der Waals surface area contributed by atoms with Gasteiger partial charge >= 0.3 is 0 Å². The zero-order valence-electron chi connectivity index (χ0n) is 18.2. The summed E-state index contributed by atoms with van der Waals surface area (Å²) in [5.74, 6) is 2.45. The van der Waals surface area contributed by atoms with Gasteiger partial charge in [-0.25, -0.2) is 0 Å². The standard InChI is InChI=1S/C18H36O6Si3/c1-11-12-20-18-17(24-27(8,9)10)16(23-26(5,6)7)15(14(13-19)21-18)22-25(2,3)4/h1,13-18H,12H2,2-10H3/t14?,15-,16+,17?,18+/m1/s1. The highest BCUT2D eigenvalue weighted by Gasteiger charge is 2.51. The van der Waals surface area contributed by atoms with E-state index in [-0.39, 0.29) is 6.61 Å². The molecule has 0 aliphatic carbocycles. The predicted octanol–water partition coefficient (Wildman–Crippen LogP) is 3.22. The zero-order valence-corrected chi connectivity index (χ0v) is 21.2. The van der Waals surface area contributed by atoms with Gasteiger partial charge in [-0.05, 0) is 58.9 Å². The first-order valence-corrected chi connectivity index (χ1v) is 19.6. The van der Waals surface area contributed by atoms with Crippen molar-refractivity contribution in [3.8, 4) is 12.3 Å². The Hall–Kier alpha value is -0.319.